The van der Waals surface area contributed by atoms with Gasteiger partial charge < -0.3 is 5.32 Å². The molecule has 0 aromatic heterocycles. The summed E-state index contributed by atoms with van der Waals surface area (Å²) in [7, 11) is 0. The Kier molecular flexibility index (Phi) is 3.93. The number of nitro groups is 2. The predicted molar refractivity (Wildman–Crippen MR) is 70.2 cm³/mol. The quantitative estimate of drug-likeness (QED) is 0.366. The molecule has 10 heteroatoms. The molecule has 10 nitrogen and oxygen atoms in total. The maximum absolute atomic E-state index is 12.3. The van der Waals surface area contributed by atoms with Crippen molar-refractivity contribution in [2.45, 2.75) is 6.42 Å². The van der Waals surface area contributed by atoms with E-state index >= 15 is 0 Å². The molecule has 1 unspecified atom stereocenters. The van der Waals surface area contributed by atoms with E-state index in [0.29, 0.717) is 6.07 Å². The van der Waals surface area contributed by atoms with Crippen LogP contribution in [0.5, 0.6) is 0 Å². The molecule has 1 fully saturated rings. The molecule has 0 aliphatic carbocycles. The van der Waals surface area contributed by atoms with Crippen LogP contribution < -0.4 is 5.32 Å². The van der Waals surface area contributed by atoms with Crippen LogP contribution in [0.4, 0.5) is 11.4 Å². The molecule has 1 amide bonds. The molecule has 22 heavy (non-hydrogen) atoms. The molecule has 2 rings (SSSR count). The van der Waals surface area contributed by atoms with Crippen LogP contribution in [-0.2, 0) is 9.59 Å². The normalized spacial score (nSPS) is 17.7. The van der Waals surface area contributed by atoms with Gasteiger partial charge in [-0.25, -0.2) is 0 Å². The lowest BCUT2D eigenvalue weighted by atomic mass is 9.88. The number of nitrogens with one attached hydrogen (secondary N) is 1. The molecule has 1 aliphatic rings. The van der Waals surface area contributed by atoms with E-state index in [1.54, 1.807) is 0 Å². The molecular weight excluding hydrogens is 298 g/mol. The van der Waals surface area contributed by atoms with E-state index in [9.17, 15) is 34.6 Å². The molecule has 1 N–H and O–H groups in total. The molecule has 0 spiro atoms. The summed E-state index contributed by atoms with van der Waals surface area (Å²) in [6.07, 6.45) is -0.0527. The van der Waals surface area contributed by atoms with Crippen LogP contribution in [-0.4, -0.2) is 33.9 Å². The fraction of sp³-hybridized carbons (Fsp3) is 0.250. The third-order valence-electron chi connectivity index (χ3n) is 3.17. The van der Waals surface area contributed by atoms with Gasteiger partial charge in [-0.3, -0.25) is 34.6 Å². The van der Waals surface area contributed by atoms with Gasteiger partial charge in [0.05, 0.1) is 21.5 Å². The number of hydrogen-bond donors (Lipinski definition) is 1. The molecular formula is C12H9N3O7. The average Bonchev–Trinajstić information content (AvgIpc) is 2.46. The second kappa shape index (κ2) is 5.68. The fourth-order valence-corrected chi connectivity index (χ4v) is 2.12. The number of benzene rings is 1. The number of rotatable bonds is 4. The highest BCUT2D eigenvalue weighted by atomic mass is 16.6. The smallest absolute Gasteiger partial charge is 0.287 e. The van der Waals surface area contributed by atoms with Crippen molar-refractivity contribution < 1.29 is 24.2 Å². The Morgan fingerprint density at radius 1 is 1.18 bits per heavy atom. The fourth-order valence-electron chi connectivity index (χ4n) is 2.12. The second-order valence-corrected chi connectivity index (χ2v) is 4.52. The number of amides is 1. The Morgan fingerprint density at radius 2 is 1.86 bits per heavy atom. The van der Waals surface area contributed by atoms with Crippen molar-refractivity contribution in [2.24, 2.45) is 5.92 Å². The number of carbonyl (C=O) groups excluding carboxylic acids is 3. The van der Waals surface area contributed by atoms with Gasteiger partial charge in [0, 0.05) is 19.0 Å². The first kappa shape index (κ1) is 15.2. The summed E-state index contributed by atoms with van der Waals surface area (Å²) >= 11 is 0. The maximum atomic E-state index is 12.3. The van der Waals surface area contributed by atoms with Gasteiger partial charge >= 0.3 is 0 Å². The maximum Gasteiger partial charge on any atom is 0.287 e. The minimum Gasteiger partial charge on any atom is -0.355 e. The first-order valence-electron chi connectivity index (χ1n) is 6.10. The number of piperidine rings is 1. The van der Waals surface area contributed by atoms with Gasteiger partial charge in [0.1, 0.15) is 0 Å². The third-order valence-corrected chi connectivity index (χ3v) is 3.17. The molecule has 1 heterocycles. The van der Waals surface area contributed by atoms with Crippen LogP contribution in [0.1, 0.15) is 16.8 Å². The monoisotopic (exact) mass is 307 g/mol. The summed E-state index contributed by atoms with van der Waals surface area (Å²) < 4.78 is 0. The van der Waals surface area contributed by atoms with Crippen molar-refractivity contribution in [1.82, 2.24) is 5.32 Å². The van der Waals surface area contributed by atoms with Gasteiger partial charge in [0.25, 0.3) is 11.4 Å². The summed E-state index contributed by atoms with van der Waals surface area (Å²) in [5.74, 6) is -4.16. The van der Waals surface area contributed by atoms with Gasteiger partial charge in [-0.05, 0) is 6.07 Å². The zero-order valence-corrected chi connectivity index (χ0v) is 11.0. The van der Waals surface area contributed by atoms with E-state index in [-0.39, 0.29) is 13.0 Å². The van der Waals surface area contributed by atoms with Crippen molar-refractivity contribution in [3.05, 3.63) is 44.0 Å². The zero-order chi connectivity index (χ0) is 16.4. The van der Waals surface area contributed by atoms with E-state index in [0.717, 1.165) is 12.1 Å². The minimum atomic E-state index is -1.66. The summed E-state index contributed by atoms with van der Waals surface area (Å²) in [6.45, 7) is 0.101. The molecule has 0 bridgehead atoms. The summed E-state index contributed by atoms with van der Waals surface area (Å²) in [5.41, 5.74) is -1.89. The molecule has 114 valence electrons. The highest BCUT2D eigenvalue weighted by molar-refractivity contribution is 6.25. The Hall–Kier alpha value is -3.17. The Balaban J connectivity index is 2.49. The van der Waals surface area contributed by atoms with Gasteiger partial charge in [-0.15, -0.1) is 0 Å². The van der Waals surface area contributed by atoms with Gasteiger partial charge in [0.15, 0.2) is 17.5 Å². The standard InChI is InChI=1S/C12H9N3O7/c16-9-3-4-13-12(18)10(9)11(17)7-2-1-6(14(19)20)5-8(7)15(21)22/h1-2,5,10H,3-4H2,(H,13,18). The lowest BCUT2D eigenvalue weighted by molar-refractivity contribution is -0.394. The Bertz CT molecular complexity index is 697. The van der Waals surface area contributed by atoms with Crippen molar-refractivity contribution in [3.8, 4) is 0 Å². The van der Waals surface area contributed by atoms with Crippen LogP contribution in [0.3, 0.4) is 0 Å². The first-order chi connectivity index (χ1) is 10.3. The van der Waals surface area contributed by atoms with Gasteiger partial charge in [-0.2, -0.15) is 0 Å². The van der Waals surface area contributed by atoms with E-state index in [2.05, 4.69) is 5.32 Å². The summed E-state index contributed by atoms with van der Waals surface area (Å²) in [5, 5.41) is 24.0. The minimum absolute atomic E-state index is 0.0527. The topological polar surface area (TPSA) is 150 Å². The molecule has 1 atom stereocenters. The van der Waals surface area contributed by atoms with Crippen molar-refractivity contribution in [1.29, 1.82) is 0 Å². The van der Waals surface area contributed by atoms with Crippen LogP contribution in [0, 0.1) is 26.1 Å². The molecule has 0 saturated carbocycles. The first-order valence-corrected chi connectivity index (χ1v) is 6.10. The van der Waals surface area contributed by atoms with Gasteiger partial charge in [-0.1, -0.05) is 0 Å². The highest BCUT2D eigenvalue weighted by Gasteiger charge is 2.39. The van der Waals surface area contributed by atoms with Crippen molar-refractivity contribution >= 4 is 28.8 Å². The second-order valence-electron chi connectivity index (χ2n) is 4.52. The predicted octanol–water partition coefficient (Wildman–Crippen LogP) is 0.391. The Morgan fingerprint density at radius 3 is 2.41 bits per heavy atom. The summed E-state index contributed by atoms with van der Waals surface area (Å²) in [6, 6.07) is 2.41. The van der Waals surface area contributed by atoms with Crippen LogP contribution in [0.25, 0.3) is 0 Å². The molecule has 1 aliphatic heterocycles. The van der Waals surface area contributed by atoms with E-state index < -0.39 is 50.2 Å². The SMILES string of the molecule is O=C1CCNC(=O)C1C(=O)c1ccc([N+](=O)[O-])cc1[N+](=O)[O-]. The van der Waals surface area contributed by atoms with Crippen molar-refractivity contribution in [3.63, 3.8) is 0 Å². The highest BCUT2D eigenvalue weighted by Crippen LogP contribution is 2.27. The number of hydrogen-bond acceptors (Lipinski definition) is 7. The molecule has 1 saturated heterocycles. The van der Waals surface area contributed by atoms with Crippen LogP contribution in [0.2, 0.25) is 0 Å². The number of non-ortho nitro benzene ring substituents is 1. The van der Waals surface area contributed by atoms with Crippen LogP contribution >= 0.6 is 0 Å². The summed E-state index contributed by atoms with van der Waals surface area (Å²) in [4.78, 5) is 55.5. The zero-order valence-electron chi connectivity index (χ0n) is 11.0. The van der Waals surface area contributed by atoms with E-state index in [4.69, 9.17) is 0 Å². The van der Waals surface area contributed by atoms with E-state index in [1.807, 2.05) is 0 Å². The number of Topliss-reactive ketones (excluding diaryl/α,β-unsaturated/α-hetero) is 2. The molecule has 0 radical (unpaired) electrons. The molecule has 1 aromatic rings. The number of nitrogens with zero attached hydrogens (tertiary/aromatic N) is 2. The lowest BCUT2D eigenvalue weighted by Crippen LogP contribution is -2.46. The lowest BCUT2D eigenvalue weighted by Gasteiger charge is -2.19. The number of carbonyl (C=O) groups is 3. The van der Waals surface area contributed by atoms with Gasteiger partial charge in [0.2, 0.25) is 5.91 Å². The number of ketones is 2. The third kappa shape index (κ3) is 2.66. The van der Waals surface area contributed by atoms with Crippen molar-refractivity contribution in [2.75, 3.05) is 6.54 Å². The van der Waals surface area contributed by atoms with Crippen LogP contribution in [0.15, 0.2) is 18.2 Å². The number of nitro benzene ring substituents is 2. The Labute approximate surface area is 122 Å². The van der Waals surface area contributed by atoms with E-state index in [1.165, 1.54) is 0 Å². The average molecular weight is 307 g/mol. The largest absolute Gasteiger partial charge is 0.355 e. The molecule has 1 aromatic carbocycles.